The van der Waals surface area contributed by atoms with Crippen LogP contribution in [0.2, 0.25) is 0 Å². The number of amides is 2. The lowest BCUT2D eigenvalue weighted by molar-refractivity contribution is -0.150. The molecule has 2 aromatic heterocycles. The topological polar surface area (TPSA) is 204 Å². The number of nitrogens with one attached hydrogen (secondary N) is 1. The third-order valence-electron chi connectivity index (χ3n) is 4.71. The van der Waals surface area contributed by atoms with Gasteiger partial charge >= 0.3 is 5.97 Å². The second kappa shape index (κ2) is 10.4. The zero-order valence-electron chi connectivity index (χ0n) is 18.0. The fourth-order valence-corrected chi connectivity index (χ4v) is 5.94. The fraction of sp³-hybridized carbons (Fsp3) is 0.353. The van der Waals surface area contributed by atoms with Crippen molar-refractivity contribution in [1.82, 2.24) is 39.8 Å². The predicted octanol–water partition coefficient (Wildman–Crippen LogP) is -0.919. The van der Waals surface area contributed by atoms with Gasteiger partial charge in [0.25, 0.3) is 11.8 Å². The maximum Gasteiger partial charge on any atom is 0.352 e. The number of nitrogens with two attached hydrogens (primary N) is 1. The minimum Gasteiger partial charge on any atom is -0.477 e. The van der Waals surface area contributed by atoms with Crippen molar-refractivity contribution in [3.8, 4) is 0 Å². The summed E-state index contributed by atoms with van der Waals surface area (Å²) in [6.45, 7) is 3.53. The third-order valence-corrected chi connectivity index (χ3v) is 7.69. The summed E-state index contributed by atoms with van der Waals surface area (Å²) in [5.41, 5.74) is 5.77. The predicted molar refractivity (Wildman–Crippen MR) is 126 cm³/mol. The van der Waals surface area contributed by atoms with Gasteiger partial charge < -0.3 is 21.0 Å². The number of thioether (sulfide) groups is 2. The normalized spacial score (nSPS) is 19.7. The summed E-state index contributed by atoms with van der Waals surface area (Å²) in [7, 11) is 1.67. The second-order valence-electron chi connectivity index (χ2n) is 6.97. The fourth-order valence-electron chi connectivity index (χ4n) is 3.17. The lowest BCUT2D eigenvalue weighted by atomic mass is 10.0. The molecule has 0 spiro atoms. The first-order chi connectivity index (χ1) is 16.8. The lowest BCUT2D eigenvalue weighted by Crippen LogP contribution is -2.71. The highest BCUT2D eigenvalue weighted by Gasteiger charge is 2.54. The largest absolute Gasteiger partial charge is 0.477 e. The zero-order chi connectivity index (χ0) is 25.1. The van der Waals surface area contributed by atoms with Crippen LogP contribution in [0.4, 0.5) is 5.13 Å². The van der Waals surface area contributed by atoms with Crippen LogP contribution >= 0.6 is 35.1 Å². The highest BCUT2D eigenvalue weighted by Crippen LogP contribution is 2.41. The number of carboxylic acid groups (broad SMARTS) is 1. The van der Waals surface area contributed by atoms with E-state index in [0.717, 1.165) is 11.5 Å². The first kappa shape index (κ1) is 24.6. The van der Waals surface area contributed by atoms with Gasteiger partial charge in [0.1, 0.15) is 23.7 Å². The number of carboxylic acids is 1. The van der Waals surface area contributed by atoms with Crippen molar-refractivity contribution in [1.29, 1.82) is 0 Å². The van der Waals surface area contributed by atoms with Gasteiger partial charge in [0.2, 0.25) is 16.7 Å². The van der Waals surface area contributed by atoms with Crippen molar-refractivity contribution in [2.75, 3.05) is 23.8 Å². The number of aryl methyl sites for hydroxylation is 1. The van der Waals surface area contributed by atoms with Crippen molar-refractivity contribution in [3.05, 3.63) is 29.7 Å². The van der Waals surface area contributed by atoms with Gasteiger partial charge in [-0.05, 0) is 16.0 Å². The van der Waals surface area contributed by atoms with E-state index >= 15 is 0 Å². The molecule has 15 nitrogen and oxygen atoms in total. The van der Waals surface area contributed by atoms with E-state index in [1.165, 1.54) is 39.2 Å². The first-order valence-corrected chi connectivity index (χ1v) is 12.6. The van der Waals surface area contributed by atoms with E-state index in [1.807, 2.05) is 0 Å². The van der Waals surface area contributed by atoms with E-state index in [2.05, 4.69) is 41.9 Å². The molecule has 2 amide bonds. The molecule has 0 aromatic carbocycles. The van der Waals surface area contributed by atoms with Gasteiger partial charge in [-0.25, -0.2) is 9.48 Å². The quantitative estimate of drug-likeness (QED) is 0.0837. The number of β-lactam (4-membered cyclic amide) rings is 1. The Balaban J connectivity index is 1.49. The maximum absolute atomic E-state index is 12.9. The molecule has 0 radical (unpaired) electrons. The summed E-state index contributed by atoms with van der Waals surface area (Å²) >= 11 is 3.46. The van der Waals surface area contributed by atoms with Crippen LogP contribution in [-0.2, 0) is 26.3 Å². The number of aromatic nitrogens is 6. The van der Waals surface area contributed by atoms with E-state index in [0.29, 0.717) is 16.5 Å². The number of tetrazole rings is 1. The summed E-state index contributed by atoms with van der Waals surface area (Å²) in [6.07, 6.45) is 1.43. The van der Waals surface area contributed by atoms with Crippen LogP contribution < -0.4 is 11.1 Å². The minimum absolute atomic E-state index is 0.0307. The van der Waals surface area contributed by atoms with Crippen molar-refractivity contribution in [2.24, 2.45) is 12.2 Å². The van der Waals surface area contributed by atoms with Gasteiger partial charge in [-0.1, -0.05) is 29.6 Å². The molecule has 0 saturated carbocycles. The molecule has 4 heterocycles. The van der Waals surface area contributed by atoms with Gasteiger partial charge in [0, 0.05) is 30.1 Å². The molecule has 1 saturated heterocycles. The Kier molecular flexibility index (Phi) is 7.31. The van der Waals surface area contributed by atoms with Gasteiger partial charge in [0.15, 0.2) is 5.13 Å². The van der Waals surface area contributed by atoms with E-state index in [-0.39, 0.29) is 34.7 Å². The summed E-state index contributed by atoms with van der Waals surface area (Å²) < 4.78 is 5.43. The lowest BCUT2D eigenvalue weighted by Gasteiger charge is -2.49. The minimum atomic E-state index is -1.23. The molecule has 2 unspecified atom stereocenters. The number of hydrogen-bond acceptors (Lipinski definition) is 14. The van der Waals surface area contributed by atoms with Crippen LogP contribution in [0.5, 0.6) is 0 Å². The molecule has 0 aliphatic carbocycles. The summed E-state index contributed by atoms with van der Waals surface area (Å²) in [5.74, 6) is -1.99. The SMILES string of the molecule is C=CCO/N=C(/C(=O)NC1C(=O)N2C(C(=O)O)=C(CSc3nnnn3C)CSC12)c1nsc(N)n1. The highest BCUT2D eigenvalue weighted by molar-refractivity contribution is 8.01. The molecule has 2 aliphatic heterocycles. The van der Waals surface area contributed by atoms with Crippen LogP contribution in [0, 0.1) is 0 Å². The molecule has 2 atom stereocenters. The Bertz CT molecular complexity index is 1240. The molecule has 2 aliphatic rings. The molecule has 35 heavy (non-hydrogen) atoms. The van der Waals surface area contributed by atoms with Gasteiger partial charge in [0.05, 0.1) is 0 Å². The standard InChI is InChI=1S/C17H18N10O5S3/c1-3-4-32-22-8(11-20-16(18)35-23-11)12(28)19-9-13(29)27-10(15(30)31)7(5-33-14(9)27)6-34-17-21-24-25-26(17)2/h3,9,14H,1,4-6H2,2H3,(H,19,28)(H,30,31)(H2,18,20,23)/b22-8+. The molecular formula is C17H18N10O5S3. The van der Waals surface area contributed by atoms with E-state index in [1.54, 1.807) is 7.05 Å². The molecule has 2 aromatic rings. The Hall–Kier alpha value is -3.51. The second-order valence-corrected chi connectivity index (χ2v) is 9.80. The highest BCUT2D eigenvalue weighted by atomic mass is 32.2. The number of hydrogen-bond donors (Lipinski definition) is 3. The average Bonchev–Trinajstić information content (AvgIpc) is 3.45. The van der Waals surface area contributed by atoms with E-state index in [9.17, 15) is 19.5 Å². The van der Waals surface area contributed by atoms with Crippen LogP contribution in [0.1, 0.15) is 5.82 Å². The average molecular weight is 539 g/mol. The Morgan fingerprint density at radius 1 is 1.49 bits per heavy atom. The number of nitrogen functional groups attached to an aromatic ring is 1. The number of carbonyl (C=O) groups excluding carboxylic acids is 2. The van der Waals surface area contributed by atoms with Crippen molar-refractivity contribution >= 4 is 63.7 Å². The number of oxime groups is 1. The zero-order valence-corrected chi connectivity index (χ0v) is 20.5. The first-order valence-electron chi connectivity index (χ1n) is 9.78. The Morgan fingerprint density at radius 3 is 2.91 bits per heavy atom. The number of rotatable bonds is 10. The molecule has 184 valence electrons. The summed E-state index contributed by atoms with van der Waals surface area (Å²) in [4.78, 5) is 48.0. The Labute approximate surface area is 210 Å². The van der Waals surface area contributed by atoms with Gasteiger partial charge in [-0.2, -0.15) is 9.36 Å². The number of aliphatic carboxylic acids is 1. The van der Waals surface area contributed by atoms with Crippen molar-refractivity contribution in [2.45, 2.75) is 16.6 Å². The molecule has 1 fully saturated rings. The molecular weight excluding hydrogens is 520 g/mol. The van der Waals surface area contributed by atoms with Crippen molar-refractivity contribution < 1.29 is 24.3 Å². The smallest absolute Gasteiger partial charge is 0.352 e. The maximum atomic E-state index is 12.9. The third kappa shape index (κ3) is 4.98. The Morgan fingerprint density at radius 2 is 2.29 bits per heavy atom. The number of fused-ring (bicyclic) bond motifs is 1. The van der Waals surface area contributed by atoms with Gasteiger partial charge in [-0.15, -0.1) is 16.9 Å². The van der Waals surface area contributed by atoms with Gasteiger partial charge in [-0.3, -0.25) is 14.5 Å². The molecule has 18 heteroatoms. The van der Waals surface area contributed by atoms with E-state index < -0.39 is 29.2 Å². The number of anilines is 1. The molecule has 4 N–H and O–H groups in total. The summed E-state index contributed by atoms with van der Waals surface area (Å²) in [5, 5.41) is 27.3. The van der Waals surface area contributed by atoms with Crippen molar-refractivity contribution in [3.63, 3.8) is 0 Å². The molecule has 4 rings (SSSR count). The molecule has 0 bridgehead atoms. The number of nitrogens with zero attached hydrogens (tertiary/aromatic N) is 8. The summed E-state index contributed by atoms with van der Waals surface area (Å²) in [6, 6.07) is -0.973. The van der Waals surface area contributed by atoms with Crippen LogP contribution in [-0.4, -0.2) is 92.6 Å². The monoisotopic (exact) mass is 538 g/mol. The number of carbonyl (C=O) groups is 3. The van der Waals surface area contributed by atoms with Crippen LogP contribution in [0.25, 0.3) is 0 Å². The van der Waals surface area contributed by atoms with Crippen LogP contribution in [0.3, 0.4) is 0 Å². The van der Waals surface area contributed by atoms with E-state index in [4.69, 9.17) is 10.6 Å². The van der Waals surface area contributed by atoms with Crippen LogP contribution in [0.15, 0.2) is 34.2 Å².